The monoisotopic (exact) mass is 204 g/mol. The minimum atomic E-state index is 1.15. The maximum Gasteiger partial charge on any atom is 0.0892 e. The van der Waals surface area contributed by atoms with E-state index >= 15 is 0 Å². The fourth-order valence-electron chi connectivity index (χ4n) is 1.84. The molecule has 3 aromatic rings. The molecule has 0 atom stereocenters. The van der Waals surface area contributed by atoms with Gasteiger partial charge in [0.1, 0.15) is 0 Å². The number of benzene rings is 2. The van der Waals surface area contributed by atoms with Crippen LogP contribution in [0.5, 0.6) is 0 Å². The van der Waals surface area contributed by atoms with Gasteiger partial charge in [-0.2, -0.15) is 0 Å². The van der Waals surface area contributed by atoms with Crippen molar-refractivity contribution in [2.45, 2.75) is 0 Å². The summed E-state index contributed by atoms with van der Waals surface area (Å²) in [4.78, 5) is 3.99. The maximum atomic E-state index is 3.99. The van der Waals surface area contributed by atoms with Gasteiger partial charge in [-0.15, -0.1) is 0 Å². The van der Waals surface area contributed by atoms with E-state index in [1.165, 1.54) is 16.5 Å². The Bertz CT molecular complexity index is 614. The molecule has 0 bridgehead atoms. The van der Waals surface area contributed by atoms with Gasteiger partial charge in [0.15, 0.2) is 0 Å². The molecule has 1 radical (unpaired) electrons. The summed E-state index contributed by atoms with van der Waals surface area (Å²) >= 11 is 0. The molecule has 1 heteroatoms. The summed E-state index contributed by atoms with van der Waals surface area (Å²) in [6.45, 7) is 0. The molecule has 0 unspecified atom stereocenters. The lowest BCUT2D eigenvalue weighted by Gasteiger charge is -2.03. The van der Waals surface area contributed by atoms with Gasteiger partial charge in [-0.05, 0) is 28.6 Å². The number of hydrogen-bond donors (Lipinski definition) is 0. The van der Waals surface area contributed by atoms with E-state index in [0.717, 1.165) is 5.39 Å². The first-order valence-corrected chi connectivity index (χ1v) is 5.25. The van der Waals surface area contributed by atoms with Crippen LogP contribution in [0.25, 0.3) is 21.9 Å². The zero-order chi connectivity index (χ0) is 10.8. The van der Waals surface area contributed by atoms with Gasteiger partial charge < -0.3 is 0 Å². The fourth-order valence-corrected chi connectivity index (χ4v) is 1.84. The van der Waals surface area contributed by atoms with Crippen LogP contribution in [0.1, 0.15) is 0 Å². The molecule has 0 aliphatic heterocycles. The van der Waals surface area contributed by atoms with Gasteiger partial charge in [0.05, 0.1) is 6.20 Å². The number of rotatable bonds is 1. The summed E-state index contributed by atoms with van der Waals surface area (Å²) in [6, 6.07) is 18.7. The van der Waals surface area contributed by atoms with E-state index in [1.807, 2.05) is 18.3 Å². The predicted octanol–water partition coefficient (Wildman–Crippen LogP) is 3.70. The van der Waals surface area contributed by atoms with Crippen molar-refractivity contribution < 1.29 is 0 Å². The molecule has 1 aromatic heterocycles. The molecule has 1 nitrogen and oxygen atoms in total. The van der Waals surface area contributed by atoms with Crippen molar-refractivity contribution in [3.05, 3.63) is 67.0 Å². The van der Waals surface area contributed by atoms with E-state index in [2.05, 4.69) is 53.6 Å². The molecule has 0 saturated carbocycles. The SMILES string of the molecule is [c]1cc2cc(-c3ccccc3)ccc2cn1. The van der Waals surface area contributed by atoms with E-state index in [1.54, 1.807) is 0 Å². The van der Waals surface area contributed by atoms with Gasteiger partial charge in [-0.3, -0.25) is 4.98 Å². The third-order valence-corrected chi connectivity index (χ3v) is 2.69. The summed E-state index contributed by atoms with van der Waals surface area (Å²) in [5.74, 6) is 0. The van der Waals surface area contributed by atoms with Crippen LogP contribution in [0, 0.1) is 6.20 Å². The highest BCUT2D eigenvalue weighted by atomic mass is 14.6. The van der Waals surface area contributed by atoms with Crippen LogP contribution in [-0.4, -0.2) is 4.98 Å². The van der Waals surface area contributed by atoms with Crippen molar-refractivity contribution in [2.24, 2.45) is 0 Å². The second-order valence-corrected chi connectivity index (χ2v) is 3.74. The van der Waals surface area contributed by atoms with E-state index < -0.39 is 0 Å². The van der Waals surface area contributed by atoms with Crippen LogP contribution < -0.4 is 0 Å². The standard InChI is InChI=1S/C15H10N/c1-2-4-12(5-3-1)13-6-7-15-11-16-9-8-14(15)10-13/h1-8,10-11H. The molecule has 0 amide bonds. The molecule has 3 rings (SSSR count). The molecular formula is C15H10N. The Morgan fingerprint density at radius 2 is 1.69 bits per heavy atom. The number of fused-ring (bicyclic) bond motifs is 1. The van der Waals surface area contributed by atoms with E-state index in [4.69, 9.17) is 0 Å². The summed E-state index contributed by atoms with van der Waals surface area (Å²) in [7, 11) is 0. The lowest BCUT2D eigenvalue weighted by molar-refractivity contribution is 1.35. The Kier molecular flexibility index (Phi) is 2.15. The van der Waals surface area contributed by atoms with Crippen molar-refractivity contribution >= 4 is 10.8 Å². The van der Waals surface area contributed by atoms with Gasteiger partial charge in [0, 0.05) is 11.6 Å². The summed E-state index contributed by atoms with van der Waals surface area (Å²) in [6.07, 6.45) is 4.70. The van der Waals surface area contributed by atoms with E-state index in [0.29, 0.717) is 0 Å². The molecule has 0 aliphatic rings. The highest BCUT2D eigenvalue weighted by molar-refractivity contribution is 5.86. The van der Waals surface area contributed by atoms with Crippen LogP contribution in [0.15, 0.2) is 60.8 Å². The van der Waals surface area contributed by atoms with E-state index in [9.17, 15) is 0 Å². The lowest BCUT2D eigenvalue weighted by Crippen LogP contribution is -1.79. The second kappa shape index (κ2) is 3.78. The van der Waals surface area contributed by atoms with Crippen LogP contribution in [-0.2, 0) is 0 Å². The maximum absolute atomic E-state index is 3.99. The molecule has 0 aliphatic carbocycles. The van der Waals surface area contributed by atoms with Crippen molar-refractivity contribution in [3.8, 4) is 11.1 Å². The zero-order valence-electron chi connectivity index (χ0n) is 8.72. The Labute approximate surface area is 94.4 Å². The second-order valence-electron chi connectivity index (χ2n) is 3.74. The third-order valence-electron chi connectivity index (χ3n) is 2.69. The first kappa shape index (κ1) is 9.10. The Hall–Kier alpha value is -2.15. The summed E-state index contributed by atoms with van der Waals surface area (Å²) in [5.41, 5.74) is 2.47. The summed E-state index contributed by atoms with van der Waals surface area (Å²) in [5, 5.41) is 2.33. The molecule has 0 fully saturated rings. The van der Waals surface area contributed by atoms with Crippen LogP contribution >= 0.6 is 0 Å². The van der Waals surface area contributed by atoms with Gasteiger partial charge in [-0.25, -0.2) is 0 Å². The molecule has 0 saturated heterocycles. The van der Waals surface area contributed by atoms with Crippen LogP contribution in [0.4, 0.5) is 0 Å². The van der Waals surface area contributed by atoms with Crippen LogP contribution in [0.2, 0.25) is 0 Å². The minimum absolute atomic E-state index is 1.15. The smallest absolute Gasteiger partial charge is 0.0892 e. The molecule has 0 N–H and O–H groups in total. The van der Waals surface area contributed by atoms with Crippen LogP contribution in [0.3, 0.4) is 0 Å². The summed E-state index contributed by atoms with van der Waals surface area (Å²) < 4.78 is 0. The largest absolute Gasteiger partial charge is 0.254 e. The predicted molar refractivity (Wildman–Crippen MR) is 66.0 cm³/mol. The zero-order valence-corrected chi connectivity index (χ0v) is 8.72. The molecule has 1 heterocycles. The van der Waals surface area contributed by atoms with Crippen molar-refractivity contribution in [1.82, 2.24) is 4.98 Å². The number of nitrogens with zero attached hydrogens (tertiary/aromatic N) is 1. The van der Waals surface area contributed by atoms with Gasteiger partial charge in [0.25, 0.3) is 0 Å². The average molecular weight is 204 g/mol. The molecular weight excluding hydrogens is 194 g/mol. The van der Waals surface area contributed by atoms with Crippen molar-refractivity contribution in [3.63, 3.8) is 0 Å². The molecule has 75 valence electrons. The highest BCUT2D eigenvalue weighted by Crippen LogP contribution is 2.23. The van der Waals surface area contributed by atoms with Gasteiger partial charge in [0.2, 0.25) is 0 Å². The number of hydrogen-bond acceptors (Lipinski definition) is 1. The first-order valence-electron chi connectivity index (χ1n) is 5.25. The highest BCUT2D eigenvalue weighted by Gasteiger charge is 1.98. The fraction of sp³-hybridized carbons (Fsp3) is 0. The lowest BCUT2D eigenvalue weighted by atomic mass is 10.0. The Balaban J connectivity index is 2.19. The van der Waals surface area contributed by atoms with Crippen molar-refractivity contribution in [1.29, 1.82) is 0 Å². The van der Waals surface area contributed by atoms with Crippen molar-refractivity contribution in [2.75, 3.05) is 0 Å². The van der Waals surface area contributed by atoms with E-state index in [-0.39, 0.29) is 0 Å². The number of aromatic nitrogens is 1. The Morgan fingerprint density at radius 3 is 2.56 bits per heavy atom. The normalized spacial score (nSPS) is 10.5. The minimum Gasteiger partial charge on any atom is -0.254 e. The van der Waals surface area contributed by atoms with Gasteiger partial charge >= 0.3 is 0 Å². The Morgan fingerprint density at radius 1 is 0.812 bits per heavy atom. The first-order chi connectivity index (χ1) is 7.93. The quantitative estimate of drug-likeness (QED) is 0.589. The van der Waals surface area contributed by atoms with Gasteiger partial charge in [-0.1, -0.05) is 42.5 Å². The average Bonchev–Trinajstić information content (AvgIpc) is 2.39. The third kappa shape index (κ3) is 1.57. The molecule has 2 aromatic carbocycles. The number of pyridine rings is 1. The molecule has 0 spiro atoms. The molecule has 16 heavy (non-hydrogen) atoms. The topological polar surface area (TPSA) is 12.9 Å².